The maximum absolute atomic E-state index is 8.69. The minimum Gasteiger partial charge on any atom is -0.488 e. The van der Waals surface area contributed by atoms with Crippen molar-refractivity contribution in [1.82, 2.24) is 0 Å². The van der Waals surface area contributed by atoms with Crippen LogP contribution in [0.5, 0.6) is 5.75 Å². The quantitative estimate of drug-likeness (QED) is 0.839. The summed E-state index contributed by atoms with van der Waals surface area (Å²) in [6.45, 7) is 5.04. The van der Waals surface area contributed by atoms with Gasteiger partial charge >= 0.3 is 0 Å². The Kier molecular flexibility index (Phi) is 5.86. The topological polar surface area (TPSA) is 29.5 Å². The molecular formula is C18H20O2S. The monoisotopic (exact) mass is 300 g/mol. The van der Waals surface area contributed by atoms with Crippen LogP contribution in [0.3, 0.4) is 0 Å². The first-order chi connectivity index (χ1) is 10.2. The molecule has 0 fully saturated rings. The van der Waals surface area contributed by atoms with Crippen molar-refractivity contribution in [2.24, 2.45) is 0 Å². The molecule has 110 valence electrons. The Bertz CT molecular complexity index is 615. The lowest BCUT2D eigenvalue weighted by Crippen LogP contribution is -1.93. The predicted molar refractivity (Wildman–Crippen MR) is 87.8 cm³/mol. The van der Waals surface area contributed by atoms with Gasteiger partial charge in [-0.2, -0.15) is 0 Å². The van der Waals surface area contributed by atoms with Crippen molar-refractivity contribution in [1.29, 1.82) is 0 Å². The lowest BCUT2D eigenvalue weighted by molar-refractivity contribution is 0.305. The van der Waals surface area contributed by atoms with Crippen LogP contribution in [0.15, 0.2) is 35.7 Å². The van der Waals surface area contributed by atoms with E-state index >= 15 is 0 Å². The van der Waals surface area contributed by atoms with E-state index in [2.05, 4.69) is 37.8 Å². The number of hydrogen-bond donors (Lipinski definition) is 1. The van der Waals surface area contributed by atoms with E-state index in [9.17, 15) is 0 Å². The molecule has 2 nitrogen and oxygen atoms in total. The van der Waals surface area contributed by atoms with Crippen molar-refractivity contribution < 1.29 is 9.84 Å². The first kappa shape index (κ1) is 15.6. The van der Waals surface area contributed by atoms with Crippen molar-refractivity contribution in [3.63, 3.8) is 0 Å². The SMILES string of the molecule is CC(C)c1ccc(OCc2cc(C#CCCO)cs2)cc1. The fourth-order valence-corrected chi connectivity index (χ4v) is 2.57. The normalized spacial score (nSPS) is 10.3. The van der Waals surface area contributed by atoms with Gasteiger partial charge in [-0.1, -0.05) is 37.8 Å². The van der Waals surface area contributed by atoms with Crippen LogP contribution in [0.4, 0.5) is 0 Å². The molecule has 1 N–H and O–H groups in total. The summed E-state index contributed by atoms with van der Waals surface area (Å²) >= 11 is 1.64. The van der Waals surface area contributed by atoms with Gasteiger partial charge in [0.1, 0.15) is 12.4 Å². The summed E-state index contributed by atoms with van der Waals surface area (Å²) in [7, 11) is 0. The standard InChI is InChI=1S/C18H20O2S/c1-14(2)16-6-8-17(9-7-16)20-12-18-11-15(13-21-18)5-3-4-10-19/h6-9,11,13-14,19H,4,10,12H2,1-2H3. The smallest absolute Gasteiger partial charge is 0.122 e. The van der Waals surface area contributed by atoms with Crippen molar-refractivity contribution in [3.05, 3.63) is 51.7 Å². The molecule has 1 heterocycles. The largest absolute Gasteiger partial charge is 0.488 e. The molecule has 2 aromatic rings. The van der Waals surface area contributed by atoms with Gasteiger partial charge in [0.2, 0.25) is 0 Å². The van der Waals surface area contributed by atoms with E-state index in [1.807, 2.05) is 23.6 Å². The van der Waals surface area contributed by atoms with E-state index in [1.165, 1.54) is 5.56 Å². The molecule has 0 aliphatic carbocycles. The highest BCUT2D eigenvalue weighted by Gasteiger charge is 2.02. The van der Waals surface area contributed by atoms with Gasteiger partial charge < -0.3 is 9.84 Å². The Morgan fingerprint density at radius 1 is 1.24 bits per heavy atom. The lowest BCUT2D eigenvalue weighted by atomic mass is 10.0. The third-order valence-corrected chi connectivity index (χ3v) is 3.96. The molecule has 0 unspecified atom stereocenters. The number of thiophene rings is 1. The third-order valence-electron chi connectivity index (χ3n) is 3.05. The number of hydrogen-bond acceptors (Lipinski definition) is 3. The van der Waals surface area contributed by atoms with E-state index in [0.717, 1.165) is 16.2 Å². The second kappa shape index (κ2) is 7.87. The summed E-state index contributed by atoms with van der Waals surface area (Å²) in [5.41, 5.74) is 2.31. The first-order valence-corrected chi connectivity index (χ1v) is 7.97. The average Bonchev–Trinajstić information content (AvgIpc) is 2.94. The summed E-state index contributed by atoms with van der Waals surface area (Å²) in [6, 6.07) is 10.3. The Morgan fingerprint density at radius 3 is 2.67 bits per heavy atom. The lowest BCUT2D eigenvalue weighted by Gasteiger charge is -2.08. The van der Waals surface area contributed by atoms with Gasteiger partial charge in [-0.25, -0.2) is 0 Å². The molecule has 0 spiro atoms. The van der Waals surface area contributed by atoms with Gasteiger partial charge in [0, 0.05) is 22.2 Å². The minimum absolute atomic E-state index is 0.111. The Hall–Kier alpha value is -1.76. The average molecular weight is 300 g/mol. The van der Waals surface area contributed by atoms with Crippen LogP contribution in [-0.2, 0) is 6.61 Å². The number of aliphatic hydroxyl groups is 1. The van der Waals surface area contributed by atoms with Crippen molar-refractivity contribution in [3.8, 4) is 17.6 Å². The van der Waals surface area contributed by atoms with E-state index in [0.29, 0.717) is 18.9 Å². The Morgan fingerprint density at radius 2 is 2.00 bits per heavy atom. The van der Waals surface area contributed by atoms with Gasteiger partial charge in [-0.05, 0) is 29.7 Å². The number of benzene rings is 1. The third kappa shape index (κ3) is 4.93. The van der Waals surface area contributed by atoms with E-state index in [-0.39, 0.29) is 6.61 Å². The molecular weight excluding hydrogens is 280 g/mol. The van der Waals surface area contributed by atoms with Crippen molar-refractivity contribution in [2.75, 3.05) is 6.61 Å². The van der Waals surface area contributed by atoms with Crippen LogP contribution in [0.25, 0.3) is 0 Å². The van der Waals surface area contributed by atoms with Gasteiger partial charge in [0.15, 0.2) is 0 Å². The molecule has 0 saturated heterocycles. The molecule has 0 saturated carbocycles. The molecule has 0 aliphatic rings. The van der Waals surface area contributed by atoms with Crippen LogP contribution >= 0.6 is 11.3 Å². The van der Waals surface area contributed by atoms with E-state index in [4.69, 9.17) is 9.84 Å². The number of ether oxygens (including phenoxy) is 1. The zero-order valence-corrected chi connectivity index (χ0v) is 13.2. The van der Waals surface area contributed by atoms with Gasteiger partial charge in [-0.15, -0.1) is 11.3 Å². The summed E-state index contributed by atoms with van der Waals surface area (Å²) in [5.74, 6) is 7.38. The summed E-state index contributed by atoms with van der Waals surface area (Å²) in [6.07, 6.45) is 0.518. The summed E-state index contributed by atoms with van der Waals surface area (Å²) in [5, 5.41) is 10.7. The molecule has 0 radical (unpaired) electrons. The molecule has 0 amide bonds. The highest BCUT2D eigenvalue weighted by atomic mass is 32.1. The number of rotatable bonds is 5. The highest BCUT2D eigenvalue weighted by Crippen LogP contribution is 2.21. The van der Waals surface area contributed by atoms with Gasteiger partial charge in [0.05, 0.1) is 6.61 Å². The maximum atomic E-state index is 8.69. The minimum atomic E-state index is 0.111. The highest BCUT2D eigenvalue weighted by molar-refractivity contribution is 7.10. The summed E-state index contributed by atoms with van der Waals surface area (Å²) in [4.78, 5) is 1.15. The molecule has 0 bridgehead atoms. The van der Waals surface area contributed by atoms with Gasteiger partial charge in [0.25, 0.3) is 0 Å². The Balaban J connectivity index is 1.90. The van der Waals surface area contributed by atoms with Crippen molar-refractivity contribution in [2.45, 2.75) is 32.8 Å². The zero-order valence-electron chi connectivity index (χ0n) is 12.4. The van der Waals surface area contributed by atoms with E-state index in [1.54, 1.807) is 11.3 Å². The maximum Gasteiger partial charge on any atom is 0.122 e. The first-order valence-electron chi connectivity index (χ1n) is 7.09. The van der Waals surface area contributed by atoms with Crippen LogP contribution in [-0.4, -0.2) is 11.7 Å². The molecule has 0 aliphatic heterocycles. The molecule has 0 atom stereocenters. The molecule has 1 aromatic heterocycles. The summed E-state index contributed by atoms with van der Waals surface area (Å²) < 4.78 is 5.79. The van der Waals surface area contributed by atoms with Crippen LogP contribution < -0.4 is 4.74 Å². The fraction of sp³-hybridized carbons (Fsp3) is 0.333. The van der Waals surface area contributed by atoms with Gasteiger partial charge in [-0.3, -0.25) is 0 Å². The molecule has 1 aromatic carbocycles. The molecule has 21 heavy (non-hydrogen) atoms. The van der Waals surface area contributed by atoms with Crippen LogP contribution in [0.2, 0.25) is 0 Å². The second-order valence-corrected chi connectivity index (χ2v) is 6.09. The molecule has 3 heteroatoms. The van der Waals surface area contributed by atoms with E-state index < -0.39 is 0 Å². The van der Waals surface area contributed by atoms with Crippen LogP contribution in [0, 0.1) is 11.8 Å². The fourth-order valence-electron chi connectivity index (χ4n) is 1.85. The predicted octanol–water partition coefficient (Wildman–Crippen LogP) is 4.18. The van der Waals surface area contributed by atoms with Crippen molar-refractivity contribution >= 4 is 11.3 Å². The zero-order chi connectivity index (χ0) is 15.1. The number of aliphatic hydroxyl groups excluding tert-OH is 1. The molecule has 2 rings (SSSR count). The van der Waals surface area contributed by atoms with Crippen LogP contribution in [0.1, 0.15) is 42.2 Å². The Labute approximate surface area is 130 Å². The second-order valence-electron chi connectivity index (χ2n) is 5.09.